The molecule has 0 aliphatic rings. The van der Waals surface area contributed by atoms with Gasteiger partial charge < -0.3 is 15.0 Å². The van der Waals surface area contributed by atoms with Crippen molar-refractivity contribution in [3.8, 4) is 0 Å². The van der Waals surface area contributed by atoms with Gasteiger partial charge in [-0.2, -0.15) is 0 Å². The summed E-state index contributed by atoms with van der Waals surface area (Å²) in [5.74, 6) is -0.126. The molecular formula is C15H32N2O2. The highest BCUT2D eigenvalue weighted by Gasteiger charge is 2.24. The minimum Gasteiger partial charge on any atom is -0.465 e. The van der Waals surface area contributed by atoms with Crippen molar-refractivity contribution in [3.63, 3.8) is 0 Å². The molecule has 0 bridgehead atoms. The molecule has 114 valence electrons. The second kappa shape index (κ2) is 9.32. The Hall–Kier alpha value is -0.610. The zero-order valence-electron chi connectivity index (χ0n) is 13.6. The molecule has 0 radical (unpaired) electrons. The number of ether oxygens (including phenoxy) is 1. The fourth-order valence-electron chi connectivity index (χ4n) is 1.76. The molecule has 0 rings (SSSR count). The summed E-state index contributed by atoms with van der Waals surface area (Å²) < 4.78 is 5.13. The molecule has 4 nitrogen and oxygen atoms in total. The van der Waals surface area contributed by atoms with Crippen molar-refractivity contribution in [2.24, 2.45) is 0 Å². The molecule has 0 fully saturated rings. The van der Waals surface area contributed by atoms with Crippen molar-refractivity contribution < 1.29 is 9.53 Å². The number of nitrogens with zero attached hydrogens (tertiary/aromatic N) is 1. The molecule has 0 aliphatic heterocycles. The Labute approximate surface area is 118 Å². The Balaban J connectivity index is 4.36. The van der Waals surface area contributed by atoms with Gasteiger partial charge in [0.1, 0.15) is 6.04 Å². The Morgan fingerprint density at radius 2 is 1.95 bits per heavy atom. The highest BCUT2D eigenvalue weighted by Crippen LogP contribution is 2.16. The molecule has 19 heavy (non-hydrogen) atoms. The minimum absolute atomic E-state index is 0.126. The van der Waals surface area contributed by atoms with Crippen molar-refractivity contribution in [2.75, 3.05) is 26.7 Å². The summed E-state index contributed by atoms with van der Waals surface area (Å²) in [6.45, 7) is 12.8. The molecule has 1 N–H and O–H groups in total. The highest BCUT2D eigenvalue weighted by molar-refractivity contribution is 5.75. The number of esters is 1. The lowest BCUT2D eigenvalue weighted by Crippen LogP contribution is -2.45. The minimum atomic E-state index is -0.185. The lowest BCUT2D eigenvalue weighted by atomic mass is 9.99. The number of hydrogen-bond acceptors (Lipinski definition) is 4. The number of hydrogen-bond donors (Lipinski definition) is 1. The van der Waals surface area contributed by atoms with Gasteiger partial charge in [-0.15, -0.1) is 0 Å². The van der Waals surface area contributed by atoms with Crippen LogP contribution >= 0.6 is 0 Å². The van der Waals surface area contributed by atoms with Crippen LogP contribution in [-0.2, 0) is 9.53 Å². The van der Waals surface area contributed by atoms with Gasteiger partial charge in [0.15, 0.2) is 0 Å². The molecule has 0 saturated carbocycles. The van der Waals surface area contributed by atoms with E-state index in [1.807, 2.05) is 6.92 Å². The molecule has 4 heteroatoms. The van der Waals surface area contributed by atoms with Gasteiger partial charge in [-0.1, -0.05) is 13.8 Å². The monoisotopic (exact) mass is 272 g/mol. The molecule has 0 aromatic heterocycles. The zero-order valence-corrected chi connectivity index (χ0v) is 13.6. The summed E-state index contributed by atoms with van der Waals surface area (Å²) in [6, 6.07) is -0.185. The summed E-state index contributed by atoms with van der Waals surface area (Å²) in [7, 11) is 2.12. The largest absolute Gasteiger partial charge is 0.465 e. The van der Waals surface area contributed by atoms with Crippen LogP contribution < -0.4 is 5.32 Å². The molecule has 0 aromatic rings. The zero-order chi connectivity index (χ0) is 14.9. The van der Waals surface area contributed by atoms with Crippen molar-refractivity contribution in [2.45, 2.75) is 65.5 Å². The third-order valence-corrected chi connectivity index (χ3v) is 3.86. The fourth-order valence-corrected chi connectivity index (χ4v) is 1.76. The average Bonchev–Trinajstić information content (AvgIpc) is 2.38. The lowest BCUT2D eigenvalue weighted by Gasteiger charge is -2.35. The van der Waals surface area contributed by atoms with E-state index in [4.69, 9.17) is 4.74 Å². The molecule has 1 unspecified atom stereocenters. The first kappa shape index (κ1) is 18.4. The van der Waals surface area contributed by atoms with Crippen LogP contribution in [0.4, 0.5) is 0 Å². The molecule has 1 atom stereocenters. The van der Waals surface area contributed by atoms with Crippen LogP contribution in [0.15, 0.2) is 0 Å². The van der Waals surface area contributed by atoms with Crippen LogP contribution in [0.2, 0.25) is 0 Å². The first-order valence-electron chi connectivity index (χ1n) is 7.50. The van der Waals surface area contributed by atoms with E-state index < -0.39 is 0 Å². The second-order valence-corrected chi connectivity index (χ2v) is 5.63. The number of rotatable bonds is 10. The Morgan fingerprint density at radius 1 is 1.32 bits per heavy atom. The van der Waals surface area contributed by atoms with Crippen LogP contribution in [0.5, 0.6) is 0 Å². The predicted molar refractivity (Wildman–Crippen MR) is 80.3 cm³/mol. The van der Waals surface area contributed by atoms with E-state index in [2.05, 4.69) is 45.0 Å². The van der Waals surface area contributed by atoms with Crippen LogP contribution in [0.25, 0.3) is 0 Å². The van der Waals surface area contributed by atoms with Gasteiger partial charge in [0.2, 0.25) is 0 Å². The SMILES string of the molecule is CCCNC(CCN(C)C(C)(C)CC)C(=O)OCC. The van der Waals surface area contributed by atoms with E-state index >= 15 is 0 Å². The summed E-state index contributed by atoms with van der Waals surface area (Å²) in [5, 5.41) is 3.28. The number of carbonyl (C=O) groups excluding carboxylic acids is 1. The summed E-state index contributed by atoms with van der Waals surface area (Å²) in [5.41, 5.74) is 0.171. The third kappa shape index (κ3) is 6.92. The quantitative estimate of drug-likeness (QED) is 0.620. The number of nitrogens with one attached hydrogen (secondary N) is 1. The van der Waals surface area contributed by atoms with Crippen molar-refractivity contribution >= 4 is 5.97 Å². The highest BCUT2D eigenvalue weighted by atomic mass is 16.5. The van der Waals surface area contributed by atoms with Crippen LogP contribution in [0, 0.1) is 0 Å². The molecule has 0 saturated heterocycles. The van der Waals surface area contributed by atoms with Crippen molar-refractivity contribution in [1.29, 1.82) is 0 Å². The predicted octanol–water partition coefficient (Wildman–Crippen LogP) is 2.43. The summed E-state index contributed by atoms with van der Waals surface area (Å²) >= 11 is 0. The maximum absolute atomic E-state index is 11.9. The standard InChI is InChI=1S/C15H32N2O2/c1-7-11-16-13(14(18)19-9-3)10-12-17(6)15(4,5)8-2/h13,16H,7-12H2,1-6H3. The summed E-state index contributed by atoms with van der Waals surface area (Å²) in [4.78, 5) is 14.2. The maximum Gasteiger partial charge on any atom is 0.323 e. The Kier molecular flexibility index (Phi) is 9.02. The number of carbonyl (C=O) groups is 1. The van der Waals surface area contributed by atoms with Crippen LogP contribution in [0.1, 0.15) is 53.9 Å². The van der Waals surface area contributed by atoms with Gasteiger partial charge in [0.05, 0.1) is 6.61 Å². The molecule has 0 aliphatic carbocycles. The fraction of sp³-hybridized carbons (Fsp3) is 0.933. The summed E-state index contributed by atoms with van der Waals surface area (Å²) in [6.07, 6.45) is 2.90. The van der Waals surface area contributed by atoms with Crippen LogP contribution in [-0.4, -0.2) is 49.2 Å². The third-order valence-electron chi connectivity index (χ3n) is 3.86. The molecule has 0 aromatic carbocycles. The Bertz CT molecular complexity index is 255. The van der Waals surface area contributed by atoms with Gasteiger partial charge in [0, 0.05) is 12.1 Å². The van der Waals surface area contributed by atoms with E-state index in [1.54, 1.807) is 0 Å². The first-order valence-corrected chi connectivity index (χ1v) is 7.50. The lowest BCUT2D eigenvalue weighted by molar-refractivity contribution is -0.146. The molecule has 0 heterocycles. The van der Waals surface area contributed by atoms with Gasteiger partial charge in [-0.25, -0.2) is 0 Å². The normalized spacial score (nSPS) is 13.6. The second-order valence-electron chi connectivity index (χ2n) is 5.63. The molecule has 0 amide bonds. The van der Waals surface area contributed by atoms with E-state index in [-0.39, 0.29) is 17.6 Å². The smallest absolute Gasteiger partial charge is 0.323 e. The van der Waals surface area contributed by atoms with E-state index in [0.717, 1.165) is 32.4 Å². The van der Waals surface area contributed by atoms with Gasteiger partial charge in [0.25, 0.3) is 0 Å². The van der Waals surface area contributed by atoms with E-state index in [1.165, 1.54) is 0 Å². The van der Waals surface area contributed by atoms with Crippen molar-refractivity contribution in [1.82, 2.24) is 10.2 Å². The first-order chi connectivity index (χ1) is 8.88. The Morgan fingerprint density at radius 3 is 2.42 bits per heavy atom. The van der Waals surface area contributed by atoms with Gasteiger partial charge in [-0.3, -0.25) is 4.79 Å². The molecule has 0 spiro atoms. The maximum atomic E-state index is 11.9. The van der Waals surface area contributed by atoms with Gasteiger partial charge >= 0.3 is 5.97 Å². The van der Waals surface area contributed by atoms with Gasteiger partial charge in [-0.05, 0) is 53.6 Å². The van der Waals surface area contributed by atoms with E-state index in [9.17, 15) is 4.79 Å². The topological polar surface area (TPSA) is 41.6 Å². The van der Waals surface area contributed by atoms with Crippen LogP contribution in [0.3, 0.4) is 0 Å². The molecular weight excluding hydrogens is 240 g/mol. The van der Waals surface area contributed by atoms with E-state index in [0.29, 0.717) is 6.61 Å². The van der Waals surface area contributed by atoms with Crippen molar-refractivity contribution in [3.05, 3.63) is 0 Å². The average molecular weight is 272 g/mol.